The lowest BCUT2D eigenvalue weighted by molar-refractivity contribution is 0.385. The largest absolute Gasteiger partial charge is 0.369 e. The number of sulfonamides is 1. The molecule has 1 aromatic carbocycles. The first-order valence-electron chi connectivity index (χ1n) is 6.62. The lowest BCUT2D eigenvalue weighted by Gasteiger charge is -2.39. The number of hydrogen-bond acceptors (Lipinski definition) is 4. The number of benzene rings is 1. The summed E-state index contributed by atoms with van der Waals surface area (Å²) in [6.45, 7) is 1.58. The molecule has 106 valence electrons. The Kier molecular flexibility index (Phi) is 4.44. The van der Waals surface area contributed by atoms with Gasteiger partial charge in [0.05, 0.1) is 4.90 Å². The van der Waals surface area contributed by atoms with Crippen LogP contribution in [0.3, 0.4) is 0 Å². The van der Waals surface area contributed by atoms with Crippen molar-refractivity contribution < 1.29 is 8.42 Å². The van der Waals surface area contributed by atoms with Crippen LogP contribution in [-0.2, 0) is 10.0 Å². The van der Waals surface area contributed by atoms with Crippen molar-refractivity contribution in [1.82, 2.24) is 0 Å². The van der Waals surface area contributed by atoms with E-state index in [0.717, 1.165) is 18.7 Å². The number of hydrogen-bond donors (Lipinski definition) is 2. The molecule has 0 unspecified atom stereocenters. The van der Waals surface area contributed by atoms with E-state index in [2.05, 4.69) is 4.90 Å². The Morgan fingerprint density at radius 1 is 1.21 bits per heavy atom. The predicted octanol–water partition coefficient (Wildman–Crippen LogP) is 1.04. The first-order chi connectivity index (χ1) is 9.02. The van der Waals surface area contributed by atoms with Crippen LogP contribution in [0.5, 0.6) is 0 Å². The normalized spacial score (nSPS) is 16.1. The summed E-state index contributed by atoms with van der Waals surface area (Å²) in [5.74, 6) is 0. The molecule has 1 aliphatic rings. The standard InChI is InChI=1S/C13H21N3O2S/c14-9-2-10-16(11-3-1-4-11)12-5-7-13(8-6-12)19(15,17)18/h5-8,11H,1-4,9-10,14H2,(H2,15,17,18). The van der Waals surface area contributed by atoms with Gasteiger partial charge in [0, 0.05) is 18.3 Å². The van der Waals surface area contributed by atoms with Crippen LogP contribution in [0, 0.1) is 0 Å². The summed E-state index contributed by atoms with van der Waals surface area (Å²) in [6.07, 6.45) is 4.59. The minimum absolute atomic E-state index is 0.156. The molecule has 0 spiro atoms. The topological polar surface area (TPSA) is 89.4 Å². The van der Waals surface area contributed by atoms with E-state index in [1.807, 2.05) is 12.1 Å². The van der Waals surface area contributed by atoms with Gasteiger partial charge in [-0.3, -0.25) is 0 Å². The SMILES string of the molecule is NCCCN(c1ccc(S(N)(=O)=O)cc1)C1CCC1. The zero-order valence-electron chi connectivity index (χ0n) is 11.0. The van der Waals surface area contributed by atoms with Gasteiger partial charge < -0.3 is 10.6 Å². The zero-order chi connectivity index (χ0) is 13.9. The van der Waals surface area contributed by atoms with E-state index in [-0.39, 0.29) is 4.90 Å². The van der Waals surface area contributed by atoms with Gasteiger partial charge in [0.15, 0.2) is 0 Å². The molecular formula is C13H21N3O2S. The van der Waals surface area contributed by atoms with Crippen LogP contribution in [0.25, 0.3) is 0 Å². The van der Waals surface area contributed by atoms with Gasteiger partial charge in [-0.25, -0.2) is 13.6 Å². The molecule has 1 aliphatic carbocycles. The average Bonchev–Trinajstić information content (AvgIpc) is 2.31. The third-order valence-electron chi connectivity index (χ3n) is 3.62. The van der Waals surface area contributed by atoms with Gasteiger partial charge in [-0.15, -0.1) is 0 Å². The smallest absolute Gasteiger partial charge is 0.238 e. The maximum absolute atomic E-state index is 11.2. The summed E-state index contributed by atoms with van der Waals surface area (Å²) in [5.41, 5.74) is 6.62. The molecule has 6 heteroatoms. The molecule has 0 amide bonds. The summed E-state index contributed by atoms with van der Waals surface area (Å²) in [5, 5.41) is 5.10. The highest BCUT2D eigenvalue weighted by molar-refractivity contribution is 7.89. The number of nitrogens with zero attached hydrogens (tertiary/aromatic N) is 1. The summed E-state index contributed by atoms with van der Waals surface area (Å²) >= 11 is 0. The Balaban J connectivity index is 2.16. The summed E-state index contributed by atoms with van der Waals surface area (Å²) in [4.78, 5) is 2.48. The van der Waals surface area contributed by atoms with Crippen molar-refractivity contribution >= 4 is 15.7 Å². The fraction of sp³-hybridized carbons (Fsp3) is 0.538. The molecule has 1 aromatic rings. The van der Waals surface area contributed by atoms with Gasteiger partial charge in [0.25, 0.3) is 0 Å². The van der Waals surface area contributed by atoms with Crippen LogP contribution in [-0.4, -0.2) is 27.5 Å². The number of primary sulfonamides is 1. The van der Waals surface area contributed by atoms with Crippen molar-refractivity contribution in [2.24, 2.45) is 10.9 Å². The van der Waals surface area contributed by atoms with E-state index >= 15 is 0 Å². The maximum Gasteiger partial charge on any atom is 0.238 e. The second kappa shape index (κ2) is 5.90. The van der Waals surface area contributed by atoms with Crippen molar-refractivity contribution in [2.45, 2.75) is 36.6 Å². The summed E-state index contributed by atoms with van der Waals surface area (Å²) in [6, 6.07) is 7.35. The van der Waals surface area contributed by atoms with Gasteiger partial charge >= 0.3 is 0 Å². The van der Waals surface area contributed by atoms with Crippen LogP contribution in [0.1, 0.15) is 25.7 Å². The van der Waals surface area contributed by atoms with Crippen molar-refractivity contribution in [3.8, 4) is 0 Å². The monoisotopic (exact) mass is 283 g/mol. The number of nitrogens with two attached hydrogens (primary N) is 2. The van der Waals surface area contributed by atoms with Crippen LogP contribution >= 0.6 is 0 Å². The van der Waals surface area contributed by atoms with Crippen molar-refractivity contribution in [2.75, 3.05) is 18.0 Å². The molecule has 0 atom stereocenters. The molecule has 0 saturated heterocycles. The second-order valence-electron chi connectivity index (χ2n) is 4.96. The summed E-state index contributed by atoms with van der Waals surface area (Å²) in [7, 11) is -3.61. The Hall–Kier alpha value is -1.11. The van der Waals surface area contributed by atoms with Gasteiger partial charge in [-0.1, -0.05) is 0 Å². The molecule has 0 bridgehead atoms. The molecule has 19 heavy (non-hydrogen) atoms. The zero-order valence-corrected chi connectivity index (χ0v) is 11.8. The highest BCUT2D eigenvalue weighted by Gasteiger charge is 2.24. The van der Waals surface area contributed by atoms with Crippen molar-refractivity contribution in [1.29, 1.82) is 0 Å². The van der Waals surface area contributed by atoms with Gasteiger partial charge in [0.1, 0.15) is 0 Å². The van der Waals surface area contributed by atoms with E-state index in [1.165, 1.54) is 19.3 Å². The van der Waals surface area contributed by atoms with Crippen LogP contribution in [0.2, 0.25) is 0 Å². The first kappa shape index (κ1) is 14.3. The second-order valence-corrected chi connectivity index (χ2v) is 6.52. The average molecular weight is 283 g/mol. The van der Waals surface area contributed by atoms with Crippen LogP contribution < -0.4 is 15.8 Å². The van der Waals surface area contributed by atoms with Crippen molar-refractivity contribution in [3.05, 3.63) is 24.3 Å². The van der Waals surface area contributed by atoms with Gasteiger partial charge in [-0.2, -0.15) is 0 Å². The van der Waals surface area contributed by atoms with Gasteiger partial charge in [0.2, 0.25) is 10.0 Å². The van der Waals surface area contributed by atoms with E-state index < -0.39 is 10.0 Å². The lowest BCUT2D eigenvalue weighted by atomic mass is 9.91. The van der Waals surface area contributed by atoms with E-state index in [1.54, 1.807) is 12.1 Å². The molecular weight excluding hydrogens is 262 g/mol. The molecule has 0 heterocycles. The van der Waals surface area contributed by atoms with Crippen LogP contribution in [0.4, 0.5) is 5.69 Å². The first-order valence-corrected chi connectivity index (χ1v) is 8.16. The fourth-order valence-electron chi connectivity index (χ4n) is 2.31. The molecule has 5 nitrogen and oxygen atoms in total. The minimum Gasteiger partial charge on any atom is -0.369 e. The molecule has 1 saturated carbocycles. The summed E-state index contributed by atoms with van der Waals surface area (Å²) < 4.78 is 22.5. The van der Waals surface area contributed by atoms with Crippen molar-refractivity contribution in [3.63, 3.8) is 0 Å². The van der Waals surface area contributed by atoms with E-state index in [9.17, 15) is 8.42 Å². The quantitative estimate of drug-likeness (QED) is 0.816. The third kappa shape index (κ3) is 3.46. The Labute approximate surface area is 114 Å². The minimum atomic E-state index is -3.61. The predicted molar refractivity (Wildman–Crippen MR) is 76.5 cm³/mol. The Morgan fingerprint density at radius 3 is 2.26 bits per heavy atom. The fourth-order valence-corrected chi connectivity index (χ4v) is 2.83. The molecule has 0 aromatic heterocycles. The molecule has 2 rings (SSSR count). The lowest BCUT2D eigenvalue weighted by Crippen LogP contribution is -2.41. The highest BCUT2D eigenvalue weighted by atomic mass is 32.2. The molecule has 0 aliphatic heterocycles. The maximum atomic E-state index is 11.2. The molecule has 4 N–H and O–H groups in total. The third-order valence-corrected chi connectivity index (χ3v) is 4.54. The van der Waals surface area contributed by atoms with E-state index in [4.69, 9.17) is 10.9 Å². The number of rotatable bonds is 6. The number of anilines is 1. The molecule has 0 radical (unpaired) electrons. The highest BCUT2D eigenvalue weighted by Crippen LogP contribution is 2.30. The molecule has 1 fully saturated rings. The van der Waals surface area contributed by atoms with E-state index in [0.29, 0.717) is 12.6 Å². The van der Waals surface area contributed by atoms with Crippen LogP contribution in [0.15, 0.2) is 29.2 Å². The Morgan fingerprint density at radius 2 is 1.84 bits per heavy atom. The van der Waals surface area contributed by atoms with Gasteiger partial charge in [-0.05, 0) is 56.5 Å². The Bertz CT molecular complexity index is 509.